The SMILES string of the molecule is Cl.[Al+3].[H-].[N-]=[N+]=N.[Na+]. The molecule has 0 radical (unpaired) electrons. The number of hydrogen-bond acceptors (Lipinski definition) is 1. The van der Waals surface area contributed by atoms with Crippen LogP contribution in [0.2, 0.25) is 0 Å². The molecule has 0 aliphatic carbocycles. The van der Waals surface area contributed by atoms with Crippen molar-refractivity contribution in [2.45, 2.75) is 0 Å². The molecule has 6 heavy (non-hydrogen) atoms. The van der Waals surface area contributed by atoms with E-state index in [9.17, 15) is 0 Å². The van der Waals surface area contributed by atoms with Crippen LogP contribution in [0.25, 0.3) is 10.4 Å². The summed E-state index contributed by atoms with van der Waals surface area (Å²) in [5, 5.41) is 0. The van der Waals surface area contributed by atoms with Crippen LogP contribution in [-0.2, 0) is 0 Å². The van der Waals surface area contributed by atoms with Crippen LogP contribution in [0.15, 0.2) is 0 Å². The van der Waals surface area contributed by atoms with Crippen LogP contribution in [0.1, 0.15) is 1.43 Å². The molecule has 26 valence electrons. The predicted molar refractivity (Wildman–Crippen MR) is 23.6 cm³/mol. The number of nitrogens with one attached hydrogen (secondary N) is 1. The Balaban J connectivity index is -0.00000000333. The second-order valence-electron chi connectivity index (χ2n) is 0.100. The second-order valence-corrected chi connectivity index (χ2v) is 0.100. The molecular weight excluding hydrogens is 127 g/mol. The van der Waals surface area contributed by atoms with Crippen LogP contribution in [0.5, 0.6) is 0 Å². The van der Waals surface area contributed by atoms with Gasteiger partial charge in [-0.25, -0.2) is 0 Å². The number of hydrogen-bond donors (Lipinski definition) is 1. The van der Waals surface area contributed by atoms with Gasteiger partial charge >= 0.3 is 46.9 Å². The molecular formula is H3AlClN3Na+3. The van der Waals surface area contributed by atoms with E-state index in [1.54, 1.807) is 4.91 Å². The summed E-state index contributed by atoms with van der Waals surface area (Å²) in [7, 11) is 0. The van der Waals surface area contributed by atoms with Crippen LogP contribution in [0.4, 0.5) is 0 Å². The fourth-order valence-corrected chi connectivity index (χ4v) is 0. The van der Waals surface area contributed by atoms with Crippen molar-refractivity contribution in [3.63, 3.8) is 0 Å². The molecule has 0 aromatic heterocycles. The maximum absolute atomic E-state index is 6.86. The Morgan fingerprint density at radius 2 is 1.67 bits per heavy atom. The maximum Gasteiger partial charge on any atom is 3.00 e. The average molecular weight is 130 g/mol. The summed E-state index contributed by atoms with van der Waals surface area (Å²) < 4.78 is 0. The maximum atomic E-state index is 6.86. The van der Waals surface area contributed by atoms with E-state index in [0.717, 1.165) is 0 Å². The molecule has 0 atom stereocenters. The zero-order chi connectivity index (χ0) is 2.71. The van der Waals surface area contributed by atoms with Crippen molar-refractivity contribution >= 4 is 29.8 Å². The van der Waals surface area contributed by atoms with Crippen molar-refractivity contribution in [1.29, 1.82) is 5.53 Å². The van der Waals surface area contributed by atoms with Gasteiger partial charge in [0.15, 0.2) is 0 Å². The Labute approximate surface area is 76.2 Å². The van der Waals surface area contributed by atoms with Gasteiger partial charge in [-0.15, -0.1) is 17.9 Å². The molecule has 0 aromatic rings. The van der Waals surface area contributed by atoms with Gasteiger partial charge in [-0.1, -0.05) is 0 Å². The van der Waals surface area contributed by atoms with Crippen molar-refractivity contribution in [2.24, 2.45) is 0 Å². The molecule has 0 amide bonds. The molecule has 1 N–H and O–H groups in total. The van der Waals surface area contributed by atoms with E-state index in [1.807, 2.05) is 0 Å². The fourth-order valence-electron chi connectivity index (χ4n) is 0. The minimum absolute atomic E-state index is 0. The molecule has 0 saturated carbocycles. The summed E-state index contributed by atoms with van der Waals surface area (Å²) in [6.07, 6.45) is 0. The Hall–Kier alpha value is 1.13. The summed E-state index contributed by atoms with van der Waals surface area (Å²) in [5.74, 6) is 0. The zero-order valence-corrected chi connectivity index (χ0v) is 7.35. The van der Waals surface area contributed by atoms with Crippen LogP contribution in [0.3, 0.4) is 0 Å². The standard InChI is InChI=1S/Al.ClH.HN3.Na.H/c;;1-3-2;;/h;1H;1H;;/q+3;;;+1;-1. The van der Waals surface area contributed by atoms with Gasteiger partial charge in [0.25, 0.3) is 0 Å². The Kier molecular flexibility index (Phi) is 162. The zero-order valence-electron chi connectivity index (χ0n) is 4.38. The van der Waals surface area contributed by atoms with E-state index in [1.165, 1.54) is 0 Å². The molecule has 0 fully saturated rings. The second kappa shape index (κ2) is 35.5. The van der Waals surface area contributed by atoms with Gasteiger partial charge in [-0.2, -0.15) is 0 Å². The molecule has 0 rings (SSSR count). The van der Waals surface area contributed by atoms with Crippen LogP contribution >= 0.6 is 12.4 Å². The number of nitrogens with zero attached hydrogens (tertiary/aromatic N) is 2. The first-order valence-electron chi connectivity index (χ1n) is 0.424. The van der Waals surface area contributed by atoms with Gasteiger partial charge in [-0.3, -0.25) is 0 Å². The van der Waals surface area contributed by atoms with E-state index in [2.05, 4.69) is 0 Å². The number of halogens is 1. The third-order valence-electron chi connectivity index (χ3n) is 0. The Bertz CT molecular complexity index is 35.9. The molecule has 6 heteroatoms. The largest absolute Gasteiger partial charge is 3.00 e. The minimum Gasteiger partial charge on any atom is -1.00 e. The predicted octanol–water partition coefficient (Wildman–Crippen LogP) is -1.97. The van der Waals surface area contributed by atoms with E-state index < -0.39 is 0 Å². The minimum atomic E-state index is 0. The van der Waals surface area contributed by atoms with Crippen molar-refractivity contribution in [2.75, 3.05) is 0 Å². The molecule has 0 aliphatic heterocycles. The summed E-state index contributed by atoms with van der Waals surface area (Å²) in [6, 6.07) is 0. The van der Waals surface area contributed by atoms with Gasteiger partial charge in [0.2, 0.25) is 0 Å². The van der Waals surface area contributed by atoms with Crippen molar-refractivity contribution in [1.82, 2.24) is 0 Å². The summed E-state index contributed by atoms with van der Waals surface area (Å²) >= 11 is 0. The van der Waals surface area contributed by atoms with Crippen LogP contribution in [-0.4, -0.2) is 17.4 Å². The molecule has 0 spiro atoms. The van der Waals surface area contributed by atoms with Gasteiger partial charge in [-0.05, 0) is 10.4 Å². The summed E-state index contributed by atoms with van der Waals surface area (Å²) in [6.45, 7) is 0. The first-order chi connectivity index (χ1) is 1.41. The molecule has 3 nitrogen and oxygen atoms in total. The molecule has 0 bridgehead atoms. The Morgan fingerprint density at radius 3 is 1.67 bits per heavy atom. The third-order valence-corrected chi connectivity index (χ3v) is 0. The summed E-state index contributed by atoms with van der Waals surface area (Å²) in [4.78, 5) is 1.75. The first kappa shape index (κ1) is 27.3. The van der Waals surface area contributed by atoms with Crippen molar-refractivity contribution < 1.29 is 31.0 Å². The third kappa shape index (κ3) is 68.3. The monoisotopic (exact) mass is 130 g/mol. The van der Waals surface area contributed by atoms with Gasteiger partial charge in [0, 0.05) is 0 Å². The Morgan fingerprint density at radius 1 is 1.67 bits per heavy atom. The first-order valence-corrected chi connectivity index (χ1v) is 0.424. The molecule has 0 saturated heterocycles. The van der Waals surface area contributed by atoms with Gasteiger partial charge in [0.1, 0.15) is 0 Å². The average Bonchev–Trinajstić information content (AvgIpc) is 0.918. The molecule has 0 unspecified atom stereocenters. The van der Waals surface area contributed by atoms with Gasteiger partial charge in [0.05, 0.1) is 0 Å². The summed E-state index contributed by atoms with van der Waals surface area (Å²) in [5.41, 5.74) is 12.2. The van der Waals surface area contributed by atoms with Crippen molar-refractivity contribution in [3.05, 3.63) is 10.4 Å². The smallest absolute Gasteiger partial charge is 1.00 e. The molecule has 0 heterocycles. The van der Waals surface area contributed by atoms with E-state index in [-0.39, 0.29) is 60.8 Å². The molecule has 0 aliphatic rings. The van der Waals surface area contributed by atoms with E-state index in [0.29, 0.717) is 0 Å². The quantitative estimate of drug-likeness (QED) is 0.171. The van der Waals surface area contributed by atoms with Gasteiger partial charge < -0.3 is 1.43 Å². The van der Waals surface area contributed by atoms with E-state index >= 15 is 0 Å². The normalized spacial score (nSPS) is 1.33. The fraction of sp³-hybridized carbons (Fsp3) is 0. The molecule has 0 aromatic carbocycles. The van der Waals surface area contributed by atoms with Crippen molar-refractivity contribution in [3.8, 4) is 0 Å². The number of rotatable bonds is 0. The van der Waals surface area contributed by atoms with E-state index in [4.69, 9.17) is 11.1 Å². The topological polar surface area (TPSA) is 60.3 Å². The van der Waals surface area contributed by atoms with Crippen LogP contribution in [0, 0.1) is 5.53 Å². The van der Waals surface area contributed by atoms with Crippen LogP contribution < -0.4 is 29.6 Å².